The summed E-state index contributed by atoms with van der Waals surface area (Å²) in [6.07, 6.45) is 2.22. The highest BCUT2D eigenvalue weighted by atomic mass is 16.2. The fourth-order valence-corrected chi connectivity index (χ4v) is 3.79. The highest BCUT2D eigenvalue weighted by molar-refractivity contribution is 5.75. The molecule has 7 nitrogen and oxygen atoms in total. The average Bonchev–Trinajstić information content (AvgIpc) is 3.32. The molecule has 4 rings (SSSR count). The van der Waals surface area contributed by atoms with Crippen molar-refractivity contribution in [2.75, 3.05) is 18.0 Å². The Balaban J connectivity index is 2.06. The number of nitrogens with zero attached hydrogens (tertiary/aromatic N) is 5. The highest BCUT2D eigenvalue weighted by Gasteiger charge is 2.27. The first kappa shape index (κ1) is 16.6. The lowest BCUT2D eigenvalue weighted by atomic mass is 10.1. The first-order chi connectivity index (χ1) is 12.5. The van der Waals surface area contributed by atoms with E-state index in [1.54, 1.807) is 7.05 Å². The Morgan fingerprint density at radius 1 is 1.00 bits per heavy atom. The molecule has 0 unspecified atom stereocenters. The van der Waals surface area contributed by atoms with Crippen molar-refractivity contribution in [2.24, 2.45) is 14.1 Å². The third-order valence-corrected chi connectivity index (χ3v) is 5.33. The summed E-state index contributed by atoms with van der Waals surface area (Å²) in [6, 6.07) is 10.0. The normalized spacial score (nSPS) is 15.7. The van der Waals surface area contributed by atoms with Crippen LogP contribution in [-0.4, -0.2) is 31.8 Å². The highest BCUT2D eigenvalue weighted by Crippen LogP contribution is 2.30. The predicted octanol–water partition coefficient (Wildman–Crippen LogP) is 1.64. The van der Waals surface area contributed by atoms with Crippen molar-refractivity contribution < 1.29 is 0 Å². The minimum atomic E-state index is -0.354. The fourth-order valence-electron chi connectivity index (χ4n) is 3.79. The van der Waals surface area contributed by atoms with Gasteiger partial charge in [-0.15, -0.1) is 0 Å². The maximum absolute atomic E-state index is 13.0. The maximum atomic E-state index is 13.0. The Labute approximate surface area is 151 Å². The van der Waals surface area contributed by atoms with Gasteiger partial charge < -0.3 is 4.90 Å². The summed E-state index contributed by atoms with van der Waals surface area (Å²) in [6.45, 7) is 3.90. The fraction of sp³-hybridized carbons (Fsp3) is 0.421. The van der Waals surface area contributed by atoms with Crippen molar-refractivity contribution in [3.8, 4) is 0 Å². The number of hydrogen-bond acceptors (Lipinski definition) is 4. The van der Waals surface area contributed by atoms with Crippen LogP contribution in [0.25, 0.3) is 11.2 Å². The van der Waals surface area contributed by atoms with Gasteiger partial charge in [0.25, 0.3) is 5.56 Å². The predicted molar refractivity (Wildman–Crippen MR) is 102 cm³/mol. The number of benzene rings is 1. The van der Waals surface area contributed by atoms with Crippen molar-refractivity contribution in [1.29, 1.82) is 0 Å². The van der Waals surface area contributed by atoms with E-state index in [2.05, 4.69) is 24.0 Å². The van der Waals surface area contributed by atoms with E-state index in [1.165, 1.54) is 11.6 Å². The van der Waals surface area contributed by atoms with E-state index in [-0.39, 0.29) is 17.3 Å². The molecule has 0 bridgehead atoms. The molecule has 0 radical (unpaired) electrons. The molecular formula is C19H23N5O2. The number of hydrogen-bond donors (Lipinski definition) is 0. The third-order valence-electron chi connectivity index (χ3n) is 5.33. The van der Waals surface area contributed by atoms with Gasteiger partial charge in [-0.25, -0.2) is 4.79 Å². The molecule has 136 valence electrons. The maximum Gasteiger partial charge on any atom is 0.332 e. The number of fused-ring (bicyclic) bond motifs is 1. The average molecular weight is 353 g/mol. The second kappa shape index (κ2) is 6.16. The lowest BCUT2D eigenvalue weighted by molar-refractivity contribution is 0.637. The molecule has 1 aliphatic rings. The van der Waals surface area contributed by atoms with E-state index >= 15 is 0 Å². The van der Waals surface area contributed by atoms with Crippen LogP contribution in [0.4, 0.5) is 5.95 Å². The van der Waals surface area contributed by atoms with Crippen LogP contribution in [0.3, 0.4) is 0 Å². The molecule has 0 N–H and O–H groups in total. The van der Waals surface area contributed by atoms with E-state index in [1.807, 2.05) is 22.8 Å². The molecule has 1 atom stereocenters. The third kappa shape index (κ3) is 2.38. The zero-order valence-electron chi connectivity index (χ0n) is 15.3. The van der Waals surface area contributed by atoms with Gasteiger partial charge in [-0.05, 0) is 25.3 Å². The molecule has 0 spiro atoms. The first-order valence-corrected chi connectivity index (χ1v) is 8.98. The van der Waals surface area contributed by atoms with Crippen LogP contribution in [-0.2, 0) is 14.1 Å². The Bertz CT molecular complexity index is 1070. The largest absolute Gasteiger partial charge is 0.342 e. The quantitative estimate of drug-likeness (QED) is 0.718. The summed E-state index contributed by atoms with van der Waals surface area (Å²) in [7, 11) is 3.19. The molecule has 1 fully saturated rings. The molecule has 1 aliphatic heterocycles. The standard InChI is InChI=1S/C19H23N5O2/c1-13(14-9-5-4-6-10-14)24-15-16(20-18(24)23-11-7-8-12-23)21(2)19(26)22(3)17(15)25/h4-6,9-10,13H,7-8,11-12H2,1-3H3/t13-/m0/s1. The van der Waals surface area contributed by atoms with Crippen LogP contribution < -0.4 is 16.1 Å². The molecule has 0 aliphatic carbocycles. The minimum Gasteiger partial charge on any atom is -0.342 e. The van der Waals surface area contributed by atoms with Gasteiger partial charge in [0, 0.05) is 27.2 Å². The van der Waals surface area contributed by atoms with Crippen LogP contribution in [0.5, 0.6) is 0 Å². The Hall–Kier alpha value is -2.83. The zero-order chi connectivity index (χ0) is 18.4. The molecule has 3 heterocycles. The number of imidazole rings is 1. The van der Waals surface area contributed by atoms with Gasteiger partial charge >= 0.3 is 5.69 Å². The summed E-state index contributed by atoms with van der Waals surface area (Å²) in [4.78, 5) is 32.3. The van der Waals surface area contributed by atoms with E-state index in [9.17, 15) is 9.59 Å². The number of rotatable bonds is 3. The van der Waals surface area contributed by atoms with Crippen LogP contribution in [0.15, 0.2) is 39.9 Å². The van der Waals surface area contributed by atoms with E-state index in [4.69, 9.17) is 4.98 Å². The van der Waals surface area contributed by atoms with Gasteiger partial charge in [-0.1, -0.05) is 30.3 Å². The molecule has 0 saturated carbocycles. The summed E-state index contributed by atoms with van der Waals surface area (Å²) in [5.41, 5.74) is 1.37. The van der Waals surface area contributed by atoms with E-state index < -0.39 is 0 Å². The number of anilines is 1. The Kier molecular flexibility index (Phi) is 3.94. The first-order valence-electron chi connectivity index (χ1n) is 8.98. The Morgan fingerprint density at radius 3 is 2.31 bits per heavy atom. The number of aromatic nitrogens is 4. The van der Waals surface area contributed by atoms with Gasteiger partial charge in [0.15, 0.2) is 11.2 Å². The summed E-state index contributed by atoms with van der Waals surface area (Å²) in [5.74, 6) is 0.771. The molecule has 3 aromatic rings. The van der Waals surface area contributed by atoms with Crippen LogP contribution in [0.1, 0.15) is 31.4 Å². The molecule has 1 saturated heterocycles. The zero-order valence-corrected chi connectivity index (χ0v) is 15.3. The van der Waals surface area contributed by atoms with Gasteiger partial charge in [-0.2, -0.15) is 4.98 Å². The van der Waals surface area contributed by atoms with Crippen molar-refractivity contribution >= 4 is 17.1 Å². The monoisotopic (exact) mass is 353 g/mol. The van der Waals surface area contributed by atoms with Gasteiger partial charge in [-0.3, -0.25) is 18.5 Å². The Morgan fingerprint density at radius 2 is 1.65 bits per heavy atom. The molecule has 7 heteroatoms. The van der Waals surface area contributed by atoms with Crippen LogP contribution >= 0.6 is 0 Å². The summed E-state index contributed by atoms with van der Waals surface area (Å²) in [5, 5.41) is 0. The minimum absolute atomic E-state index is 0.0676. The molecule has 1 aromatic carbocycles. The second-order valence-corrected chi connectivity index (χ2v) is 6.94. The van der Waals surface area contributed by atoms with Crippen LogP contribution in [0, 0.1) is 0 Å². The van der Waals surface area contributed by atoms with Gasteiger partial charge in [0.05, 0.1) is 6.04 Å². The van der Waals surface area contributed by atoms with Crippen LogP contribution in [0.2, 0.25) is 0 Å². The van der Waals surface area contributed by atoms with Gasteiger partial charge in [0.2, 0.25) is 5.95 Å². The SMILES string of the molecule is C[C@@H](c1ccccc1)n1c(N2CCCC2)nc2c1c(=O)n(C)c(=O)n2C. The number of aryl methyl sites for hydroxylation is 1. The molecule has 2 aromatic heterocycles. The molecule has 0 amide bonds. The van der Waals surface area contributed by atoms with Crippen molar-refractivity contribution in [1.82, 2.24) is 18.7 Å². The van der Waals surface area contributed by atoms with E-state index in [0.29, 0.717) is 11.2 Å². The molecule has 26 heavy (non-hydrogen) atoms. The van der Waals surface area contributed by atoms with E-state index in [0.717, 1.165) is 42.0 Å². The summed E-state index contributed by atoms with van der Waals surface area (Å²) < 4.78 is 4.62. The lowest BCUT2D eigenvalue weighted by Crippen LogP contribution is -2.37. The molecular weight excluding hydrogens is 330 g/mol. The second-order valence-electron chi connectivity index (χ2n) is 6.94. The summed E-state index contributed by atoms with van der Waals surface area (Å²) >= 11 is 0. The van der Waals surface area contributed by atoms with Crippen molar-refractivity contribution in [3.05, 3.63) is 56.7 Å². The van der Waals surface area contributed by atoms with Crippen molar-refractivity contribution in [2.45, 2.75) is 25.8 Å². The smallest absolute Gasteiger partial charge is 0.332 e. The van der Waals surface area contributed by atoms with Gasteiger partial charge in [0.1, 0.15) is 0 Å². The van der Waals surface area contributed by atoms with Crippen molar-refractivity contribution in [3.63, 3.8) is 0 Å². The lowest BCUT2D eigenvalue weighted by Gasteiger charge is -2.23. The topological polar surface area (TPSA) is 65.1 Å².